The quantitative estimate of drug-likeness (QED) is 0.640. The van der Waals surface area contributed by atoms with E-state index in [0.717, 1.165) is 27.8 Å². The number of benzene rings is 2. The first-order chi connectivity index (χ1) is 12.6. The van der Waals surface area contributed by atoms with Gasteiger partial charge in [0.2, 0.25) is 5.91 Å². The Bertz CT molecular complexity index is 944. The number of carbonyl (C=O) groups excluding carboxylic acids is 1. The topological polar surface area (TPSA) is 42.4 Å². The summed E-state index contributed by atoms with van der Waals surface area (Å²) in [5.41, 5.74) is 2.79. The van der Waals surface area contributed by atoms with Crippen molar-refractivity contribution >= 4 is 22.9 Å². The van der Waals surface area contributed by atoms with Gasteiger partial charge in [0.1, 0.15) is 5.75 Å². The van der Waals surface area contributed by atoms with Crippen LogP contribution in [0, 0.1) is 0 Å². The van der Waals surface area contributed by atoms with Crippen LogP contribution in [0.4, 0.5) is 0 Å². The van der Waals surface area contributed by atoms with Crippen LogP contribution < -0.4 is 4.74 Å². The van der Waals surface area contributed by atoms with Gasteiger partial charge in [0, 0.05) is 35.8 Å². The Kier molecular flexibility index (Phi) is 5.32. The second-order valence-electron chi connectivity index (χ2n) is 6.12. The highest BCUT2D eigenvalue weighted by Gasteiger charge is 2.18. The molecule has 0 saturated carbocycles. The molecule has 3 aromatic rings. The van der Waals surface area contributed by atoms with Gasteiger partial charge in [0.05, 0.1) is 18.7 Å². The molecule has 0 N–H and O–H groups in total. The molecule has 0 bridgehead atoms. The van der Waals surface area contributed by atoms with Crippen LogP contribution in [0.3, 0.4) is 0 Å². The monoisotopic (exact) mass is 346 g/mol. The van der Waals surface area contributed by atoms with Crippen molar-refractivity contribution in [3.8, 4) is 5.75 Å². The van der Waals surface area contributed by atoms with Gasteiger partial charge < -0.3 is 9.64 Å². The van der Waals surface area contributed by atoms with E-state index in [1.807, 2.05) is 67.6 Å². The van der Waals surface area contributed by atoms with Crippen molar-refractivity contribution in [2.45, 2.75) is 13.0 Å². The average Bonchev–Trinajstić information content (AvgIpc) is 2.70. The largest absolute Gasteiger partial charge is 0.496 e. The first kappa shape index (κ1) is 17.7. The summed E-state index contributed by atoms with van der Waals surface area (Å²) in [6, 6.07) is 17.5. The number of hydrogen-bond donors (Lipinski definition) is 0. The van der Waals surface area contributed by atoms with Gasteiger partial charge in [0.15, 0.2) is 0 Å². The summed E-state index contributed by atoms with van der Waals surface area (Å²) in [5.74, 6) is 0.707. The Morgan fingerprint density at radius 2 is 1.88 bits per heavy atom. The molecule has 1 unspecified atom stereocenters. The molecule has 1 amide bonds. The fraction of sp³-hybridized carbons (Fsp3) is 0.182. The lowest BCUT2D eigenvalue weighted by Gasteiger charge is -2.25. The summed E-state index contributed by atoms with van der Waals surface area (Å²) >= 11 is 0. The molecule has 2 aromatic carbocycles. The molecule has 0 aliphatic carbocycles. The van der Waals surface area contributed by atoms with Crippen LogP contribution >= 0.6 is 0 Å². The van der Waals surface area contributed by atoms with Crippen molar-refractivity contribution in [1.29, 1.82) is 0 Å². The first-order valence-corrected chi connectivity index (χ1v) is 8.53. The predicted octanol–water partition coefficient (Wildman–Crippen LogP) is 4.48. The maximum atomic E-state index is 12.6. The zero-order valence-corrected chi connectivity index (χ0v) is 15.2. The SMILES string of the molecule is COc1ccccc1C(C)N(C)C(=O)/C=C/c1cccc2cccnc12. The fourth-order valence-corrected chi connectivity index (χ4v) is 2.95. The summed E-state index contributed by atoms with van der Waals surface area (Å²) < 4.78 is 5.41. The Hall–Kier alpha value is -3.14. The molecule has 4 nitrogen and oxygen atoms in total. The number of pyridine rings is 1. The molecule has 0 radical (unpaired) electrons. The summed E-state index contributed by atoms with van der Waals surface area (Å²) in [5, 5.41) is 1.05. The third kappa shape index (κ3) is 3.59. The minimum absolute atomic E-state index is 0.0728. The molecule has 1 heterocycles. The van der Waals surface area contributed by atoms with Gasteiger partial charge >= 0.3 is 0 Å². The van der Waals surface area contributed by atoms with Crippen molar-refractivity contribution in [2.24, 2.45) is 0 Å². The van der Waals surface area contributed by atoms with Crippen LogP contribution in [0.25, 0.3) is 17.0 Å². The van der Waals surface area contributed by atoms with Gasteiger partial charge in [-0.1, -0.05) is 42.5 Å². The molecule has 4 heteroatoms. The van der Waals surface area contributed by atoms with Crippen LogP contribution in [-0.2, 0) is 4.79 Å². The van der Waals surface area contributed by atoms with Crippen LogP contribution in [0.15, 0.2) is 66.9 Å². The van der Waals surface area contributed by atoms with Crippen molar-refractivity contribution in [2.75, 3.05) is 14.2 Å². The molecule has 0 fully saturated rings. The molecule has 0 saturated heterocycles. The van der Waals surface area contributed by atoms with E-state index in [4.69, 9.17) is 4.74 Å². The Labute approximate surface area is 153 Å². The number of para-hydroxylation sites is 2. The Morgan fingerprint density at radius 3 is 2.69 bits per heavy atom. The van der Waals surface area contributed by atoms with E-state index in [-0.39, 0.29) is 11.9 Å². The third-order valence-electron chi connectivity index (χ3n) is 4.59. The van der Waals surface area contributed by atoms with Gasteiger partial charge in [0.25, 0.3) is 0 Å². The molecule has 0 aliphatic heterocycles. The van der Waals surface area contributed by atoms with E-state index in [1.165, 1.54) is 0 Å². The normalized spacial score (nSPS) is 12.3. The zero-order valence-electron chi connectivity index (χ0n) is 15.2. The van der Waals surface area contributed by atoms with E-state index < -0.39 is 0 Å². The number of likely N-dealkylation sites (N-methyl/N-ethyl adjacent to an activating group) is 1. The van der Waals surface area contributed by atoms with Crippen LogP contribution in [0.1, 0.15) is 24.1 Å². The first-order valence-electron chi connectivity index (χ1n) is 8.53. The van der Waals surface area contributed by atoms with Crippen molar-refractivity contribution < 1.29 is 9.53 Å². The third-order valence-corrected chi connectivity index (χ3v) is 4.59. The number of amides is 1. The van der Waals surface area contributed by atoms with E-state index in [0.29, 0.717) is 0 Å². The molecule has 0 spiro atoms. The minimum Gasteiger partial charge on any atom is -0.496 e. The molecule has 0 aliphatic rings. The van der Waals surface area contributed by atoms with E-state index in [2.05, 4.69) is 4.98 Å². The Morgan fingerprint density at radius 1 is 1.12 bits per heavy atom. The highest BCUT2D eigenvalue weighted by Crippen LogP contribution is 2.28. The van der Waals surface area contributed by atoms with Crippen LogP contribution in [-0.4, -0.2) is 29.9 Å². The lowest BCUT2D eigenvalue weighted by atomic mass is 10.1. The van der Waals surface area contributed by atoms with Crippen molar-refractivity contribution in [3.63, 3.8) is 0 Å². The van der Waals surface area contributed by atoms with Gasteiger partial charge in [-0.2, -0.15) is 0 Å². The number of aromatic nitrogens is 1. The second-order valence-corrected chi connectivity index (χ2v) is 6.12. The van der Waals surface area contributed by atoms with E-state index in [1.54, 1.807) is 31.3 Å². The number of ether oxygens (including phenoxy) is 1. The number of nitrogens with zero attached hydrogens (tertiary/aromatic N) is 2. The molecular formula is C22H22N2O2. The molecular weight excluding hydrogens is 324 g/mol. The summed E-state index contributed by atoms with van der Waals surface area (Å²) in [7, 11) is 3.44. The summed E-state index contributed by atoms with van der Waals surface area (Å²) in [6.45, 7) is 1.99. The molecule has 26 heavy (non-hydrogen) atoms. The predicted molar refractivity (Wildman–Crippen MR) is 105 cm³/mol. The lowest BCUT2D eigenvalue weighted by molar-refractivity contribution is -0.126. The van der Waals surface area contributed by atoms with E-state index >= 15 is 0 Å². The summed E-state index contributed by atoms with van der Waals surface area (Å²) in [4.78, 5) is 18.8. The van der Waals surface area contributed by atoms with Crippen LogP contribution in [0.2, 0.25) is 0 Å². The van der Waals surface area contributed by atoms with E-state index in [9.17, 15) is 4.79 Å². The van der Waals surface area contributed by atoms with Gasteiger partial charge in [-0.15, -0.1) is 0 Å². The number of rotatable bonds is 5. The maximum absolute atomic E-state index is 12.6. The van der Waals surface area contributed by atoms with Gasteiger partial charge in [-0.05, 0) is 25.1 Å². The number of carbonyl (C=O) groups is 1. The minimum atomic E-state index is -0.103. The maximum Gasteiger partial charge on any atom is 0.246 e. The van der Waals surface area contributed by atoms with Gasteiger partial charge in [-0.3, -0.25) is 9.78 Å². The molecule has 132 valence electrons. The fourth-order valence-electron chi connectivity index (χ4n) is 2.95. The number of methoxy groups -OCH3 is 1. The molecule has 1 atom stereocenters. The lowest BCUT2D eigenvalue weighted by Crippen LogP contribution is -2.28. The average molecular weight is 346 g/mol. The zero-order chi connectivity index (χ0) is 18.5. The Balaban J connectivity index is 1.81. The standard InChI is InChI=1S/C22H22N2O2/c1-16(19-11-4-5-12-20(19)26-3)24(2)21(25)14-13-18-9-6-8-17-10-7-15-23-22(17)18/h4-16H,1-3H3/b14-13+. The van der Waals surface area contributed by atoms with Gasteiger partial charge in [-0.25, -0.2) is 0 Å². The summed E-state index contributed by atoms with van der Waals surface area (Å²) in [6.07, 6.45) is 5.18. The number of hydrogen-bond acceptors (Lipinski definition) is 3. The van der Waals surface area contributed by atoms with Crippen LogP contribution in [0.5, 0.6) is 5.75 Å². The number of fused-ring (bicyclic) bond motifs is 1. The molecule has 3 rings (SSSR count). The van der Waals surface area contributed by atoms with Crippen molar-refractivity contribution in [3.05, 3.63) is 78.0 Å². The smallest absolute Gasteiger partial charge is 0.246 e. The molecule has 1 aromatic heterocycles. The second kappa shape index (κ2) is 7.83. The highest BCUT2D eigenvalue weighted by molar-refractivity contribution is 5.95. The van der Waals surface area contributed by atoms with Crippen molar-refractivity contribution in [1.82, 2.24) is 9.88 Å². The highest BCUT2D eigenvalue weighted by atomic mass is 16.5.